The average molecular weight is 389 g/mol. The SMILES string of the molecule is O=C(c1ccco1)N1CCN(c2ccc3cccc(-c4ccsc4)c3n2)CC1. The number of hydrogen-bond acceptors (Lipinski definition) is 5. The highest BCUT2D eigenvalue weighted by Crippen LogP contribution is 2.30. The molecule has 0 unspecified atom stereocenters. The summed E-state index contributed by atoms with van der Waals surface area (Å²) in [6.45, 7) is 2.83. The van der Waals surface area contributed by atoms with E-state index in [0.717, 1.165) is 35.4 Å². The quantitative estimate of drug-likeness (QED) is 0.517. The Morgan fingerprint density at radius 2 is 1.89 bits per heavy atom. The maximum Gasteiger partial charge on any atom is 0.289 e. The standard InChI is InChI=1S/C22H19N3O2S/c26-22(19-5-2-13-27-19)25-11-9-24(10-12-25)20-7-6-16-3-1-4-18(21(16)23-20)17-8-14-28-15-17/h1-8,13-15H,9-12H2. The van der Waals surface area contributed by atoms with Crippen LogP contribution in [0.25, 0.3) is 22.0 Å². The summed E-state index contributed by atoms with van der Waals surface area (Å²) in [6.07, 6.45) is 1.54. The molecule has 28 heavy (non-hydrogen) atoms. The number of benzene rings is 1. The summed E-state index contributed by atoms with van der Waals surface area (Å²) in [5.41, 5.74) is 3.38. The molecule has 1 fully saturated rings. The van der Waals surface area contributed by atoms with Gasteiger partial charge in [-0.3, -0.25) is 4.79 Å². The minimum Gasteiger partial charge on any atom is -0.459 e. The third-order valence-corrected chi connectivity index (χ3v) is 5.84. The molecule has 0 atom stereocenters. The molecule has 5 rings (SSSR count). The molecule has 0 saturated carbocycles. The van der Waals surface area contributed by atoms with Crippen LogP contribution in [-0.4, -0.2) is 42.0 Å². The van der Waals surface area contributed by atoms with Gasteiger partial charge >= 0.3 is 0 Å². The number of furan rings is 1. The van der Waals surface area contributed by atoms with Gasteiger partial charge in [0.1, 0.15) is 5.82 Å². The molecule has 5 nitrogen and oxygen atoms in total. The fourth-order valence-electron chi connectivity index (χ4n) is 3.66. The van der Waals surface area contributed by atoms with E-state index in [4.69, 9.17) is 9.40 Å². The number of thiophene rings is 1. The lowest BCUT2D eigenvalue weighted by Gasteiger charge is -2.35. The van der Waals surface area contributed by atoms with E-state index in [9.17, 15) is 4.79 Å². The zero-order valence-electron chi connectivity index (χ0n) is 15.2. The van der Waals surface area contributed by atoms with Crippen molar-refractivity contribution in [1.82, 2.24) is 9.88 Å². The first-order valence-corrected chi connectivity index (χ1v) is 10.2. The Hall–Kier alpha value is -3.12. The van der Waals surface area contributed by atoms with Crippen molar-refractivity contribution in [2.45, 2.75) is 0 Å². The van der Waals surface area contributed by atoms with Crippen LogP contribution in [0.2, 0.25) is 0 Å². The third-order valence-electron chi connectivity index (χ3n) is 5.16. The Morgan fingerprint density at radius 1 is 1.00 bits per heavy atom. The molecule has 6 heteroatoms. The number of para-hydroxylation sites is 1. The molecule has 4 heterocycles. The van der Waals surface area contributed by atoms with Crippen LogP contribution in [0.15, 0.2) is 70.0 Å². The second-order valence-electron chi connectivity index (χ2n) is 6.82. The number of aromatic nitrogens is 1. The number of rotatable bonds is 3. The maximum atomic E-state index is 12.5. The number of anilines is 1. The third kappa shape index (κ3) is 3.05. The highest BCUT2D eigenvalue weighted by Gasteiger charge is 2.24. The first-order valence-electron chi connectivity index (χ1n) is 9.30. The molecule has 4 aromatic rings. The van der Waals surface area contributed by atoms with Gasteiger partial charge in [-0.05, 0) is 46.7 Å². The van der Waals surface area contributed by atoms with E-state index < -0.39 is 0 Å². The van der Waals surface area contributed by atoms with Gasteiger partial charge in [0.15, 0.2) is 5.76 Å². The fourth-order valence-corrected chi connectivity index (χ4v) is 4.31. The number of fused-ring (bicyclic) bond motifs is 1. The van der Waals surface area contributed by atoms with Gasteiger partial charge in [-0.1, -0.05) is 18.2 Å². The highest BCUT2D eigenvalue weighted by atomic mass is 32.1. The van der Waals surface area contributed by atoms with Crippen molar-refractivity contribution in [3.05, 3.63) is 71.3 Å². The molecule has 1 aromatic carbocycles. The number of piperazine rings is 1. The second-order valence-corrected chi connectivity index (χ2v) is 7.60. The van der Waals surface area contributed by atoms with Crippen molar-refractivity contribution in [2.75, 3.05) is 31.1 Å². The van der Waals surface area contributed by atoms with Crippen LogP contribution in [0.3, 0.4) is 0 Å². The van der Waals surface area contributed by atoms with Crippen molar-refractivity contribution in [2.24, 2.45) is 0 Å². The normalized spacial score (nSPS) is 14.6. The van der Waals surface area contributed by atoms with Crippen LogP contribution in [0.1, 0.15) is 10.6 Å². The van der Waals surface area contributed by atoms with E-state index in [1.807, 2.05) is 4.90 Å². The summed E-state index contributed by atoms with van der Waals surface area (Å²) in [6, 6.07) is 16.1. The van der Waals surface area contributed by atoms with Crippen molar-refractivity contribution < 1.29 is 9.21 Å². The maximum absolute atomic E-state index is 12.5. The van der Waals surface area contributed by atoms with Gasteiger partial charge in [-0.2, -0.15) is 11.3 Å². The molecule has 0 spiro atoms. The predicted molar refractivity (Wildman–Crippen MR) is 112 cm³/mol. The Balaban J connectivity index is 1.39. The zero-order chi connectivity index (χ0) is 18.9. The lowest BCUT2D eigenvalue weighted by Crippen LogP contribution is -2.49. The van der Waals surface area contributed by atoms with E-state index in [-0.39, 0.29) is 5.91 Å². The Bertz CT molecular complexity index is 1100. The molecular weight excluding hydrogens is 370 g/mol. The van der Waals surface area contributed by atoms with E-state index in [1.54, 1.807) is 23.5 Å². The van der Waals surface area contributed by atoms with Gasteiger partial charge < -0.3 is 14.2 Å². The number of pyridine rings is 1. The molecule has 1 saturated heterocycles. The number of nitrogens with zero attached hydrogens (tertiary/aromatic N) is 3. The van der Waals surface area contributed by atoms with E-state index in [2.05, 4.69) is 52.1 Å². The summed E-state index contributed by atoms with van der Waals surface area (Å²) < 4.78 is 5.24. The summed E-state index contributed by atoms with van der Waals surface area (Å²) in [4.78, 5) is 21.5. The monoisotopic (exact) mass is 389 g/mol. The topological polar surface area (TPSA) is 49.6 Å². The lowest BCUT2D eigenvalue weighted by molar-refractivity contribution is 0.0714. The summed E-state index contributed by atoms with van der Waals surface area (Å²) >= 11 is 1.69. The van der Waals surface area contributed by atoms with Crippen LogP contribution >= 0.6 is 11.3 Å². The molecule has 1 amide bonds. The van der Waals surface area contributed by atoms with Crippen LogP contribution in [0, 0.1) is 0 Å². The molecule has 0 aliphatic carbocycles. The largest absolute Gasteiger partial charge is 0.459 e. The lowest BCUT2D eigenvalue weighted by atomic mass is 10.0. The fraction of sp³-hybridized carbons (Fsp3) is 0.182. The van der Waals surface area contributed by atoms with E-state index in [1.165, 1.54) is 11.8 Å². The van der Waals surface area contributed by atoms with Gasteiger partial charge in [0.25, 0.3) is 5.91 Å². The van der Waals surface area contributed by atoms with Crippen LogP contribution in [0.4, 0.5) is 5.82 Å². The molecular formula is C22H19N3O2S. The van der Waals surface area contributed by atoms with Crippen molar-refractivity contribution in [1.29, 1.82) is 0 Å². The smallest absolute Gasteiger partial charge is 0.289 e. The summed E-state index contributed by atoms with van der Waals surface area (Å²) in [5.74, 6) is 1.31. The van der Waals surface area contributed by atoms with Gasteiger partial charge in [0.05, 0.1) is 11.8 Å². The molecule has 0 bridgehead atoms. The first-order chi connectivity index (χ1) is 13.8. The Morgan fingerprint density at radius 3 is 2.64 bits per heavy atom. The van der Waals surface area contributed by atoms with Gasteiger partial charge in [-0.25, -0.2) is 4.98 Å². The highest BCUT2D eigenvalue weighted by molar-refractivity contribution is 7.08. The zero-order valence-corrected chi connectivity index (χ0v) is 16.1. The molecule has 3 aromatic heterocycles. The first kappa shape index (κ1) is 17.0. The van der Waals surface area contributed by atoms with E-state index >= 15 is 0 Å². The minimum atomic E-state index is -0.0455. The van der Waals surface area contributed by atoms with Crippen LogP contribution in [-0.2, 0) is 0 Å². The second kappa shape index (κ2) is 7.13. The summed E-state index contributed by atoms with van der Waals surface area (Å²) in [5, 5.41) is 5.38. The Labute approximate surface area is 166 Å². The average Bonchev–Trinajstić information content (AvgIpc) is 3.47. The molecule has 140 valence electrons. The summed E-state index contributed by atoms with van der Waals surface area (Å²) in [7, 11) is 0. The molecule has 1 aliphatic rings. The van der Waals surface area contributed by atoms with Crippen molar-refractivity contribution >= 4 is 34.0 Å². The van der Waals surface area contributed by atoms with Gasteiger partial charge in [-0.15, -0.1) is 0 Å². The molecule has 0 N–H and O–H groups in total. The Kier molecular flexibility index (Phi) is 4.33. The minimum absolute atomic E-state index is 0.0455. The van der Waals surface area contributed by atoms with E-state index in [0.29, 0.717) is 18.8 Å². The van der Waals surface area contributed by atoms with Crippen molar-refractivity contribution in [3.63, 3.8) is 0 Å². The number of carbonyl (C=O) groups excluding carboxylic acids is 1. The predicted octanol–water partition coefficient (Wildman–Crippen LogP) is 4.52. The van der Waals surface area contributed by atoms with Gasteiger partial charge in [0.2, 0.25) is 0 Å². The van der Waals surface area contributed by atoms with Gasteiger partial charge in [0, 0.05) is 37.1 Å². The number of hydrogen-bond donors (Lipinski definition) is 0. The van der Waals surface area contributed by atoms with Crippen molar-refractivity contribution in [3.8, 4) is 11.1 Å². The number of carbonyl (C=O) groups is 1. The molecule has 0 radical (unpaired) electrons. The molecule has 1 aliphatic heterocycles. The number of amides is 1. The van der Waals surface area contributed by atoms with Crippen LogP contribution in [0.5, 0.6) is 0 Å². The van der Waals surface area contributed by atoms with Crippen LogP contribution < -0.4 is 4.90 Å².